The van der Waals surface area contributed by atoms with E-state index in [1.807, 2.05) is 24.3 Å². The van der Waals surface area contributed by atoms with Gasteiger partial charge in [0.05, 0.1) is 10.5 Å². The molecule has 1 fully saturated rings. The maximum Gasteiger partial charge on any atom is 0.276 e. The Bertz CT molecular complexity index is 828. The van der Waals surface area contributed by atoms with Gasteiger partial charge in [0.1, 0.15) is 0 Å². The molecule has 1 heterocycles. The summed E-state index contributed by atoms with van der Waals surface area (Å²) < 4.78 is 0. The van der Waals surface area contributed by atoms with E-state index >= 15 is 0 Å². The molecule has 134 valence electrons. The summed E-state index contributed by atoms with van der Waals surface area (Å²) in [5.74, 6) is -0.140. The molecule has 1 aliphatic rings. The molecular weight excluding hydrogens is 354 g/mol. The first-order valence-corrected chi connectivity index (χ1v) is 8.63. The van der Waals surface area contributed by atoms with Crippen LogP contribution >= 0.6 is 11.6 Å². The lowest BCUT2D eigenvalue weighted by Crippen LogP contribution is -2.48. The number of nitrogens with zero attached hydrogens (tertiary/aromatic N) is 3. The zero-order valence-corrected chi connectivity index (χ0v) is 14.8. The smallest absolute Gasteiger partial charge is 0.276 e. The number of para-hydroxylation sites is 1. The lowest BCUT2D eigenvalue weighted by molar-refractivity contribution is -0.385. The lowest BCUT2D eigenvalue weighted by atomic mass is 10.1. The van der Waals surface area contributed by atoms with Crippen molar-refractivity contribution in [3.05, 3.63) is 75.3 Å². The van der Waals surface area contributed by atoms with Crippen LogP contribution in [0.3, 0.4) is 0 Å². The molecule has 0 saturated carbocycles. The first-order valence-electron chi connectivity index (χ1n) is 8.25. The van der Waals surface area contributed by atoms with Crippen molar-refractivity contribution in [1.29, 1.82) is 0 Å². The van der Waals surface area contributed by atoms with Crippen molar-refractivity contribution in [3.63, 3.8) is 0 Å². The molecule has 26 heavy (non-hydrogen) atoms. The predicted octanol–water partition coefficient (Wildman–Crippen LogP) is 3.61. The number of halogens is 1. The summed E-state index contributed by atoms with van der Waals surface area (Å²) in [7, 11) is 0. The van der Waals surface area contributed by atoms with Gasteiger partial charge in [-0.15, -0.1) is 0 Å². The number of hydrogen-bond donors (Lipinski definition) is 0. The van der Waals surface area contributed by atoms with Gasteiger partial charge in [0.2, 0.25) is 5.91 Å². The van der Waals surface area contributed by atoms with E-state index in [4.69, 9.17) is 11.6 Å². The fourth-order valence-corrected chi connectivity index (χ4v) is 3.02. The normalized spacial score (nSPS) is 14.7. The molecule has 2 aromatic rings. The zero-order chi connectivity index (χ0) is 18.5. The molecule has 0 aliphatic carbocycles. The van der Waals surface area contributed by atoms with Crippen LogP contribution in [0.25, 0.3) is 6.08 Å². The highest BCUT2D eigenvalue weighted by molar-refractivity contribution is 6.30. The van der Waals surface area contributed by atoms with E-state index in [9.17, 15) is 14.9 Å². The van der Waals surface area contributed by atoms with Crippen LogP contribution in [0.4, 0.5) is 11.4 Å². The Morgan fingerprint density at radius 3 is 2.35 bits per heavy atom. The number of carbonyl (C=O) groups is 1. The first-order chi connectivity index (χ1) is 12.5. The third kappa shape index (κ3) is 4.21. The molecule has 1 amide bonds. The van der Waals surface area contributed by atoms with Crippen molar-refractivity contribution in [2.24, 2.45) is 0 Å². The summed E-state index contributed by atoms with van der Waals surface area (Å²) in [6.07, 6.45) is 2.91. The molecule has 0 unspecified atom stereocenters. The molecular formula is C19H18ClN3O3. The van der Waals surface area contributed by atoms with E-state index in [0.717, 1.165) is 18.8 Å². The minimum atomic E-state index is -0.449. The Morgan fingerprint density at radius 2 is 1.69 bits per heavy atom. The molecule has 2 aromatic carbocycles. The molecule has 0 spiro atoms. The zero-order valence-electron chi connectivity index (χ0n) is 14.0. The van der Waals surface area contributed by atoms with Crippen molar-refractivity contribution in [1.82, 2.24) is 4.90 Å². The van der Waals surface area contributed by atoms with Gasteiger partial charge in [0, 0.05) is 49.0 Å². The monoisotopic (exact) mass is 371 g/mol. The Morgan fingerprint density at radius 1 is 1.04 bits per heavy atom. The van der Waals surface area contributed by atoms with Crippen molar-refractivity contribution < 1.29 is 9.72 Å². The topological polar surface area (TPSA) is 66.7 Å². The number of nitro groups is 1. The van der Waals surface area contributed by atoms with Gasteiger partial charge in [-0.05, 0) is 36.4 Å². The molecule has 0 N–H and O–H groups in total. The van der Waals surface area contributed by atoms with Gasteiger partial charge < -0.3 is 9.80 Å². The van der Waals surface area contributed by atoms with Crippen LogP contribution in [-0.4, -0.2) is 41.9 Å². The third-order valence-electron chi connectivity index (χ3n) is 4.32. The second kappa shape index (κ2) is 8.01. The van der Waals surface area contributed by atoms with Crippen molar-refractivity contribution >= 4 is 35.0 Å². The van der Waals surface area contributed by atoms with E-state index in [1.54, 1.807) is 23.1 Å². The third-order valence-corrected chi connectivity index (χ3v) is 4.57. The van der Waals surface area contributed by atoms with Crippen molar-refractivity contribution in [2.75, 3.05) is 31.1 Å². The Labute approximate surface area is 156 Å². The number of amides is 1. The van der Waals surface area contributed by atoms with Gasteiger partial charge >= 0.3 is 0 Å². The van der Waals surface area contributed by atoms with Crippen LogP contribution in [0.15, 0.2) is 54.6 Å². The lowest BCUT2D eigenvalue weighted by Gasteiger charge is -2.35. The number of rotatable bonds is 4. The van der Waals surface area contributed by atoms with Crippen LogP contribution in [0.1, 0.15) is 5.56 Å². The van der Waals surface area contributed by atoms with Crippen LogP contribution in [-0.2, 0) is 4.79 Å². The molecule has 0 aromatic heterocycles. The number of hydrogen-bond acceptors (Lipinski definition) is 4. The number of nitro benzene ring substituents is 1. The summed E-state index contributed by atoms with van der Waals surface area (Å²) in [5, 5.41) is 11.7. The molecule has 3 rings (SSSR count). The van der Waals surface area contributed by atoms with E-state index in [-0.39, 0.29) is 11.6 Å². The fourth-order valence-electron chi connectivity index (χ4n) is 2.90. The number of carbonyl (C=O) groups excluding carboxylic acids is 1. The van der Waals surface area contributed by atoms with E-state index in [1.165, 1.54) is 18.2 Å². The number of anilines is 1. The molecule has 1 saturated heterocycles. The van der Waals surface area contributed by atoms with Crippen LogP contribution < -0.4 is 4.90 Å². The predicted molar refractivity (Wildman–Crippen MR) is 102 cm³/mol. The number of piperazine rings is 1. The van der Waals surface area contributed by atoms with Crippen molar-refractivity contribution in [3.8, 4) is 0 Å². The SMILES string of the molecule is O=C(C=Cc1ccccc1[N+](=O)[O-])N1CCN(c2ccc(Cl)cc2)CC1. The highest BCUT2D eigenvalue weighted by Crippen LogP contribution is 2.21. The van der Waals surface area contributed by atoms with Gasteiger partial charge in [-0.2, -0.15) is 0 Å². The fraction of sp³-hybridized carbons (Fsp3) is 0.211. The summed E-state index contributed by atoms with van der Waals surface area (Å²) >= 11 is 5.91. The van der Waals surface area contributed by atoms with Crippen LogP contribution in [0.2, 0.25) is 5.02 Å². The van der Waals surface area contributed by atoms with Gasteiger partial charge in [0.25, 0.3) is 5.69 Å². The average Bonchev–Trinajstić information content (AvgIpc) is 2.67. The van der Waals surface area contributed by atoms with E-state index in [0.29, 0.717) is 23.7 Å². The van der Waals surface area contributed by atoms with E-state index in [2.05, 4.69) is 4.90 Å². The van der Waals surface area contributed by atoms with Gasteiger partial charge in [-0.25, -0.2) is 0 Å². The summed E-state index contributed by atoms with van der Waals surface area (Å²) in [6.45, 7) is 2.66. The molecule has 7 heteroatoms. The van der Waals surface area contributed by atoms with Gasteiger partial charge in [-0.1, -0.05) is 23.7 Å². The molecule has 0 bridgehead atoms. The first kappa shape index (κ1) is 17.9. The maximum absolute atomic E-state index is 12.4. The van der Waals surface area contributed by atoms with Gasteiger partial charge in [-0.3, -0.25) is 14.9 Å². The standard InChI is InChI=1S/C19H18ClN3O3/c20-16-6-8-17(9-7-16)21-11-13-22(14-12-21)19(24)10-5-15-3-1-2-4-18(15)23(25)26/h1-10H,11-14H2. The Kier molecular flexibility index (Phi) is 5.53. The minimum absolute atomic E-state index is 0.0101. The second-order valence-corrected chi connectivity index (χ2v) is 6.37. The highest BCUT2D eigenvalue weighted by Gasteiger charge is 2.20. The molecule has 6 nitrogen and oxygen atoms in total. The Hall–Kier alpha value is -2.86. The second-order valence-electron chi connectivity index (χ2n) is 5.94. The average molecular weight is 372 g/mol. The summed E-state index contributed by atoms with van der Waals surface area (Å²) in [4.78, 5) is 26.9. The molecule has 1 aliphatic heterocycles. The minimum Gasteiger partial charge on any atom is -0.368 e. The van der Waals surface area contributed by atoms with Crippen LogP contribution in [0.5, 0.6) is 0 Å². The molecule has 0 atom stereocenters. The van der Waals surface area contributed by atoms with Gasteiger partial charge in [0.15, 0.2) is 0 Å². The number of benzene rings is 2. The maximum atomic E-state index is 12.4. The Balaban J connectivity index is 1.60. The quantitative estimate of drug-likeness (QED) is 0.468. The van der Waals surface area contributed by atoms with Crippen molar-refractivity contribution in [2.45, 2.75) is 0 Å². The summed E-state index contributed by atoms with van der Waals surface area (Å²) in [5.41, 5.74) is 1.49. The highest BCUT2D eigenvalue weighted by atomic mass is 35.5. The largest absolute Gasteiger partial charge is 0.368 e. The summed E-state index contributed by atoms with van der Waals surface area (Å²) in [6, 6.07) is 14.0. The van der Waals surface area contributed by atoms with E-state index < -0.39 is 4.92 Å². The van der Waals surface area contributed by atoms with Crippen LogP contribution in [0, 0.1) is 10.1 Å². The molecule has 0 radical (unpaired) electrons.